The lowest BCUT2D eigenvalue weighted by atomic mass is 10.2. The van der Waals surface area contributed by atoms with Gasteiger partial charge in [0.2, 0.25) is 10.0 Å². The second kappa shape index (κ2) is 6.50. The Bertz CT molecular complexity index is 489. The zero-order valence-corrected chi connectivity index (χ0v) is 11.6. The maximum Gasteiger partial charge on any atom is 0.213 e. The molecule has 3 N–H and O–H groups in total. The van der Waals surface area contributed by atoms with Crippen LogP contribution in [0.25, 0.3) is 0 Å². The van der Waals surface area contributed by atoms with Crippen LogP contribution in [-0.4, -0.2) is 44.8 Å². The molecule has 0 aromatic carbocycles. The van der Waals surface area contributed by atoms with Crippen molar-refractivity contribution in [3.8, 4) is 0 Å². The summed E-state index contributed by atoms with van der Waals surface area (Å²) in [6.07, 6.45) is 2.21. The number of anilines is 2. The van der Waals surface area contributed by atoms with Crippen LogP contribution in [0, 0.1) is 0 Å². The fraction of sp³-hybridized carbons (Fsp3) is 0.600. The van der Waals surface area contributed by atoms with E-state index in [0.29, 0.717) is 12.4 Å². The first-order valence-electron chi connectivity index (χ1n) is 5.70. The molecule has 0 unspecified atom stereocenters. The van der Waals surface area contributed by atoms with Crippen molar-refractivity contribution >= 4 is 21.7 Å². The standard InChI is InChI=1S/C10H19N5O2S/c1-4-8-9(11-2)14-7-15-10(8)13-5-6-18(16,17)12-3/h7,12H,4-6H2,1-3H3,(H2,11,13,14,15). The van der Waals surface area contributed by atoms with Crippen molar-refractivity contribution in [1.29, 1.82) is 0 Å². The molecule has 0 bridgehead atoms. The predicted molar refractivity (Wildman–Crippen MR) is 72.3 cm³/mol. The molecule has 0 spiro atoms. The second-order valence-electron chi connectivity index (χ2n) is 3.60. The van der Waals surface area contributed by atoms with Crippen molar-refractivity contribution in [1.82, 2.24) is 14.7 Å². The summed E-state index contributed by atoms with van der Waals surface area (Å²) in [5, 5.41) is 6.00. The van der Waals surface area contributed by atoms with Crippen LogP contribution < -0.4 is 15.4 Å². The van der Waals surface area contributed by atoms with Crippen molar-refractivity contribution in [3.05, 3.63) is 11.9 Å². The third-order valence-electron chi connectivity index (χ3n) is 2.51. The predicted octanol–water partition coefficient (Wildman–Crippen LogP) is 0.0418. The van der Waals surface area contributed by atoms with Gasteiger partial charge in [-0.3, -0.25) is 0 Å². The van der Waals surface area contributed by atoms with Gasteiger partial charge in [0.05, 0.1) is 5.75 Å². The van der Waals surface area contributed by atoms with Crippen LogP contribution in [-0.2, 0) is 16.4 Å². The smallest absolute Gasteiger partial charge is 0.213 e. The lowest BCUT2D eigenvalue weighted by Crippen LogP contribution is -2.26. The summed E-state index contributed by atoms with van der Waals surface area (Å²) in [5.74, 6) is 1.43. The van der Waals surface area contributed by atoms with Gasteiger partial charge < -0.3 is 10.6 Å². The van der Waals surface area contributed by atoms with Crippen LogP contribution in [0.4, 0.5) is 11.6 Å². The topological polar surface area (TPSA) is 96.0 Å². The lowest BCUT2D eigenvalue weighted by molar-refractivity contribution is 0.588. The number of nitrogens with one attached hydrogen (secondary N) is 3. The van der Waals surface area contributed by atoms with E-state index in [1.165, 1.54) is 13.4 Å². The Morgan fingerprint density at radius 2 is 1.89 bits per heavy atom. The highest BCUT2D eigenvalue weighted by Crippen LogP contribution is 2.19. The molecule has 18 heavy (non-hydrogen) atoms. The van der Waals surface area contributed by atoms with Gasteiger partial charge in [-0.1, -0.05) is 6.92 Å². The molecule has 0 radical (unpaired) electrons. The Labute approximate surface area is 107 Å². The Kier molecular flexibility index (Phi) is 5.29. The van der Waals surface area contributed by atoms with Gasteiger partial charge in [0, 0.05) is 19.2 Å². The van der Waals surface area contributed by atoms with Crippen LogP contribution in [0.15, 0.2) is 6.33 Å². The van der Waals surface area contributed by atoms with Gasteiger partial charge in [-0.25, -0.2) is 23.1 Å². The minimum absolute atomic E-state index is 0.00550. The number of rotatable bonds is 7. The summed E-state index contributed by atoms with van der Waals surface area (Å²) < 4.78 is 24.8. The molecular weight excluding hydrogens is 254 g/mol. The Morgan fingerprint density at radius 3 is 2.44 bits per heavy atom. The molecule has 0 amide bonds. The Hall–Kier alpha value is -1.41. The number of nitrogens with zero attached hydrogens (tertiary/aromatic N) is 2. The third-order valence-corrected chi connectivity index (χ3v) is 3.87. The van der Waals surface area contributed by atoms with E-state index in [1.54, 1.807) is 7.05 Å². The summed E-state index contributed by atoms with van der Waals surface area (Å²) in [6.45, 7) is 2.30. The molecule has 1 heterocycles. The summed E-state index contributed by atoms with van der Waals surface area (Å²) in [5.41, 5.74) is 0.946. The van der Waals surface area contributed by atoms with Crippen LogP contribution in [0.3, 0.4) is 0 Å². The molecule has 1 rings (SSSR count). The van der Waals surface area contributed by atoms with E-state index in [1.807, 2.05) is 6.92 Å². The van der Waals surface area contributed by atoms with E-state index in [4.69, 9.17) is 0 Å². The van der Waals surface area contributed by atoms with E-state index < -0.39 is 10.0 Å². The second-order valence-corrected chi connectivity index (χ2v) is 5.65. The third kappa shape index (κ3) is 3.81. The number of hydrogen-bond acceptors (Lipinski definition) is 6. The van der Waals surface area contributed by atoms with Gasteiger partial charge in [-0.15, -0.1) is 0 Å². The van der Waals surface area contributed by atoms with Crippen LogP contribution in [0.2, 0.25) is 0 Å². The minimum atomic E-state index is -3.20. The monoisotopic (exact) mass is 273 g/mol. The molecule has 102 valence electrons. The highest BCUT2D eigenvalue weighted by atomic mass is 32.2. The largest absolute Gasteiger partial charge is 0.373 e. The maximum absolute atomic E-state index is 11.3. The Balaban J connectivity index is 2.73. The molecule has 1 aromatic rings. The van der Waals surface area contributed by atoms with Gasteiger partial charge in [0.15, 0.2) is 0 Å². The van der Waals surface area contributed by atoms with Gasteiger partial charge in [-0.2, -0.15) is 0 Å². The van der Waals surface area contributed by atoms with Crippen LogP contribution >= 0.6 is 0 Å². The number of aromatic nitrogens is 2. The lowest BCUT2D eigenvalue weighted by Gasteiger charge is -2.12. The molecule has 0 aliphatic rings. The van der Waals surface area contributed by atoms with Crippen LogP contribution in [0.1, 0.15) is 12.5 Å². The van der Waals surface area contributed by atoms with Crippen molar-refractivity contribution < 1.29 is 8.42 Å². The molecule has 0 fully saturated rings. The van der Waals surface area contributed by atoms with E-state index >= 15 is 0 Å². The molecular formula is C10H19N5O2S. The first kappa shape index (κ1) is 14.7. The summed E-state index contributed by atoms with van der Waals surface area (Å²) in [6, 6.07) is 0. The zero-order valence-electron chi connectivity index (χ0n) is 10.8. The molecule has 1 aromatic heterocycles. The van der Waals surface area contributed by atoms with Gasteiger partial charge in [-0.05, 0) is 13.5 Å². The quantitative estimate of drug-likeness (QED) is 0.649. The first-order valence-corrected chi connectivity index (χ1v) is 7.36. The SMILES string of the molecule is CCc1c(NC)ncnc1NCCS(=O)(=O)NC. The molecule has 0 aliphatic heterocycles. The summed E-state index contributed by atoms with van der Waals surface area (Å²) >= 11 is 0. The average molecular weight is 273 g/mol. The highest BCUT2D eigenvalue weighted by Gasteiger charge is 2.10. The molecule has 0 atom stereocenters. The fourth-order valence-corrected chi connectivity index (χ4v) is 2.10. The van der Waals surface area contributed by atoms with Gasteiger partial charge >= 0.3 is 0 Å². The number of hydrogen-bond donors (Lipinski definition) is 3. The fourth-order valence-electron chi connectivity index (χ4n) is 1.52. The molecule has 0 saturated carbocycles. The van der Waals surface area contributed by atoms with Crippen LogP contribution in [0.5, 0.6) is 0 Å². The minimum Gasteiger partial charge on any atom is -0.373 e. The summed E-state index contributed by atoms with van der Waals surface area (Å²) in [7, 11) is -0.00859. The average Bonchev–Trinajstić information content (AvgIpc) is 2.38. The molecule has 0 aliphatic carbocycles. The van der Waals surface area contributed by atoms with E-state index in [9.17, 15) is 8.42 Å². The van der Waals surface area contributed by atoms with E-state index in [0.717, 1.165) is 17.8 Å². The van der Waals surface area contributed by atoms with Crippen molar-refractivity contribution in [3.63, 3.8) is 0 Å². The van der Waals surface area contributed by atoms with E-state index in [-0.39, 0.29) is 5.75 Å². The molecule has 8 heteroatoms. The summed E-state index contributed by atoms with van der Waals surface area (Å²) in [4.78, 5) is 8.23. The molecule has 0 saturated heterocycles. The Morgan fingerprint density at radius 1 is 1.22 bits per heavy atom. The zero-order chi connectivity index (χ0) is 13.6. The number of sulfonamides is 1. The first-order chi connectivity index (χ1) is 8.54. The van der Waals surface area contributed by atoms with Crippen molar-refractivity contribution in [2.24, 2.45) is 0 Å². The van der Waals surface area contributed by atoms with Gasteiger partial charge in [0.1, 0.15) is 18.0 Å². The normalized spacial score (nSPS) is 11.3. The van der Waals surface area contributed by atoms with Crippen molar-refractivity contribution in [2.45, 2.75) is 13.3 Å². The highest BCUT2D eigenvalue weighted by molar-refractivity contribution is 7.89. The van der Waals surface area contributed by atoms with Gasteiger partial charge in [0.25, 0.3) is 0 Å². The van der Waals surface area contributed by atoms with Crippen molar-refractivity contribution in [2.75, 3.05) is 37.0 Å². The van der Waals surface area contributed by atoms with E-state index in [2.05, 4.69) is 25.3 Å². The maximum atomic E-state index is 11.3. The molecule has 7 nitrogen and oxygen atoms in total.